The Morgan fingerprint density at radius 3 is 2.30 bits per heavy atom. The molecule has 4 aromatic rings. The average Bonchev–Trinajstić information content (AvgIpc) is 2.73. The van der Waals surface area contributed by atoms with Crippen LogP contribution in [-0.4, -0.2) is 0 Å². The van der Waals surface area contributed by atoms with Crippen molar-refractivity contribution in [3.05, 3.63) is 99.4 Å². The van der Waals surface area contributed by atoms with Gasteiger partial charge in [-0.3, -0.25) is 4.79 Å². The molecule has 0 aliphatic rings. The van der Waals surface area contributed by atoms with Crippen molar-refractivity contribution in [2.75, 3.05) is 0 Å². The van der Waals surface area contributed by atoms with Crippen LogP contribution in [0.15, 0.2) is 82.2 Å². The molecule has 1 aromatic heterocycles. The highest BCUT2D eigenvalue weighted by Crippen LogP contribution is 2.25. The number of rotatable bonds is 4. The van der Waals surface area contributed by atoms with Gasteiger partial charge >= 0.3 is 0 Å². The molecule has 4 heteroatoms. The van der Waals surface area contributed by atoms with Crippen LogP contribution in [0, 0.1) is 0 Å². The SMILES string of the molecule is CC(C)(C)c1ccc(COc2ccc3c(=O)c(-c4ccc(Cl)cc4)coc3c2)cc1. The molecular weight excluding hydrogens is 396 g/mol. The van der Waals surface area contributed by atoms with Crippen LogP contribution in [0.2, 0.25) is 5.02 Å². The summed E-state index contributed by atoms with van der Waals surface area (Å²) in [6.07, 6.45) is 1.49. The van der Waals surface area contributed by atoms with Crippen LogP contribution in [-0.2, 0) is 12.0 Å². The van der Waals surface area contributed by atoms with Gasteiger partial charge in [-0.15, -0.1) is 0 Å². The van der Waals surface area contributed by atoms with Gasteiger partial charge in [-0.25, -0.2) is 0 Å². The Balaban J connectivity index is 1.54. The fourth-order valence-corrected chi connectivity index (χ4v) is 3.42. The third-order valence-corrected chi connectivity index (χ3v) is 5.38. The molecule has 0 spiro atoms. The Labute approximate surface area is 180 Å². The second kappa shape index (κ2) is 8.00. The lowest BCUT2D eigenvalue weighted by Crippen LogP contribution is -2.10. The molecular formula is C26H23ClO3. The molecule has 152 valence electrons. The first-order chi connectivity index (χ1) is 14.3. The Bertz CT molecular complexity index is 1230. The molecule has 0 saturated carbocycles. The molecule has 0 atom stereocenters. The number of ether oxygens (including phenoxy) is 1. The van der Waals surface area contributed by atoms with Gasteiger partial charge < -0.3 is 9.15 Å². The standard InChI is InChI=1S/C26H23ClO3/c1-26(2,3)19-8-4-17(5-9-19)15-29-21-12-13-22-24(14-21)30-16-23(25(22)28)18-6-10-20(27)11-7-18/h4-14,16H,15H2,1-3H3. The van der Waals surface area contributed by atoms with E-state index in [-0.39, 0.29) is 10.8 Å². The number of hydrogen-bond donors (Lipinski definition) is 0. The van der Waals surface area contributed by atoms with Gasteiger partial charge in [0.1, 0.15) is 24.2 Å². The zero-order chi connectivity index (χ0) is 21.3. The minimum atomic E-state index is -0.0807. The Hall–Kier alpha value is -3.04. The first-order valence-electron chi connectivity index (χ1n) is 9.85. The molecule has 0 fully saturated rings. The van der Waals surface area contributed by atoms with Crippen molar-refractivity contribution in [1.29, 1.82) is 0 Å². The van der Waals surface area contributed by atoms with E-state index in [1.165, 1.54) is 11.8 Å². The van der Waals surface area contributed by atoms with Crippen LogP contribution in [0.5, 0.6) is 5.75 Å². The third kappa shape index (κ3) is 4.27. The first kappa shape index (κ1) is 20.2. The van der Waals surface area contributed by atoms with E-state index < -0.39 is 0 Å². The second-order valence-corrected chi connectivity index (χ2v) is 8.82. The van der Waals surface area contributed by atoms with Crippen molar-refractivity contribution in [1.82, 2.24) is 0 Å². The van der Waals surface area contributed by atoms with E-state index in [1.807, 2.05) is 12.1 Å². The van der Waals surface area contributed by atoms with Crippen molar-refractivity contribution in [2.45, 2.75) is 32.8 Å². The van der Waals surface area contributed by atoms with Crippen LogP contribution in [0.1, 0.15) is 31.9 Å². The minimum absolute atomic E-state index is 0.0807. The van der Waals surface area contributed by atoms with Crippen molar-refractivity contribution >= 4 is 22.6 Å². The average molecular weight is 419 g/mol. The van der Waals surface area contributed by atoms with Crippen molar-refractivity contribution < 1.29 is 9.15 Å². The normalized spacial score (nSPS) is 11.6. The van der Waals surface area contributed by atoms with Crippen LogP contribution >= 0.6 is 11.6 Å². The predicted octanol–water partition coefficient (Wildman–Crippen LogP) is 6.99. The number of halogens is 1. The molecule has 0 N–H and O–H groups in total. The van der Waals surface area contributed by atoms with Crippen molar-refractivity contribution in [3.8, 4) is 16.9 Å². The van der Waals surface area contributed by atoms with E-state index in [2.05, 4.69) is 45.0 Å². The largest absolute Gasteiger partial charge is 0.489 e. The fourth-order valence-electron chi connectivity index (χ4n) is 3.29. The van der Waals surface area contributed by atoms with Crippen LogP contribution in [0.25, 0.3) is 22.1 Å². The molecule has 1 heterocycles. The molecule has 3 nitrogen and oxygen atoms in total. The maximum Gasteiger partial charge on any atom is 0.200 e. The second-order valence-electron chi connectivity index (χ2n) is 8.38. The molecule has 0 aliphatic heterocycles. The highest BCUT2D eigenvalue weighted by molar-refractivity contribution is 6.30. The van der Waals surface area contributed by atoms with Gasteiger partial charge in [0.15, 0.2) is 5.43 Å². The molecule has 30 heavy (non-hydrogen) atoms. The van der Waals surface area contributed by atoms with Gasteiger partial charge in [-0.1, -0.05) is 68.8 Å². The summed E-state index contributed by atoms with van der Waals surface area (Å²) in [5.74, 6) is 0.657. The topological polar surface area (TPSA) is 39.4 Å². The van der Waals surface area contributed by atoms with Crippen molar-refractivity contribution in [2.24, 2.45) is 0 Å². The first-order valence-corrected chi connectivity index (χ1v) is 10.2. The van der Waals surface area contributed by atoms with Gasteiger partial charge in [-0.2, -0.15) is 0 Å². The summed E-state index contributed by atoms with van der Waals surface area (Å²) in [6.45, 7) is 7.03. The van der Waals surface area contributed by atoms with Gasteiger partial charge in [0.05, 0.1) is 10.9 Å². The summed E-state index contributed by atoms with van der Waals surface area (Å²) in [5.41, 5.74) is 4.19. The zero-order valence-electron chi connectivity index (χ0n) is 17.2. The van der Waals surface area contributed by atoms with E-state index in [0.717, 1.165) is 11.1 Å². The molecule has 3 aromatic carbocycles. The summed E-state index contributed by atoms with van der Waals surface area (Å²) in [6, 6.07) is 20.9. The number of benzene rings is 3. The summed E-state index contributed by atoms with van der Waals surface area (Å²) in [7, 11) is 0. The van der Waals surface area contributed by atoms with Crippen LogP contribution in [0.3, 0.4) is 0 Å². The maximum atomic E-state index is 12.9. The van der Waals surface area contributed by atoms with E-state index >= 15 is 0 Å². The lowest BCUT2D eigenvalue weighted by atomic mass is 9.87. The van der Waals surface area contributed by atoms with E-state index in [1.54, 1.807) is 30.3 Å². The van der Waals surface area contributed by atoms with Crippen LogP contribution in [0.4, 0.5) is 0 Å². The summed E-state index contributed by atoms with van der Waals surface area (Å²) < 4.78 is 11.7. The number of fused-ring (bicyclic) bond motifs is 1. The van der Waals surface area contributed by atoms with Gasteiger partial charge in [0, 0.05) is 11.1 Å². The third-order valence-electron chi connectivity index (χ3n) is 5.13. The monoisotopic (exact) mass is 418 g/mol. The number of hydrogen-bond acceptors (Lipinski definition) is 3. The summed E-state index contributed by atoms with van der Waals surface area (Å²) in [4.78, 5) is 12.9. The Morgan fingerprint density at radius 2 is 1.63 bits per heavy atom. The molecule has 4 rings (SSSR count). The smallest absolute Gasteiger partial charge is 0.200 e. The lowest BCUT2D eigenvalue weighted by Gasteiger charge is -2.19. The van der Waals surface area contributed by atoms with Gasteiger partial charge in [0.25, 0.3) is 0 Å². The zero-order valence-corrected chi connectivity index (χ0v) is 18.0. The van der Waals surface area contributed by atoms with E-state index in [0.29, 0.717) is 33.9 Å². The van der Waals surface area contributed by atoms with Crippen molar-refractivity contribution in [3.63, 3.8) is 0 Å². The maximum absolute atomic E-state index is 12.9. The van der Waals surface area contributed by atoms with Crippen LogP contribution < -0.4 is 10.2 Å². The Morgan fingerprint density at radius 1 is 0.933 bits per heavy atom. The Kier molecular flexibility index (Phi) is 5.40. The van der Waals surface area contributed by atoms with Gasteiger partial charge in [0.2, 0.25) is 0 Å². The molecule has 0 amide bonds. The lowest BCUT2D eigenvalue weighted by molar-refractivity contribution is 0.306. The highest BCUT2D eigenvalue weighted by Gasteiger charge is 2.13. The van der Waals surface area contributed by atoms with E-state index in [4.69, 9.17) is 20.8 Å². The predicted molar refractivity (Wildman–Crippen MR) is 122 cm³/mol. The molecule has 0 radical (unpaired) electrons. The summed E-state index contributed by atoms with van der Waals surface area (Å²) >= 11 is 5.94. The van der Waals surface area contributed by atoms with E-state index in [9.17, 15) is 4.79 Å². The minimum Gasteiger partial charge on any atom is -0.489 e. The fraction of sp³-hybridized carbons (Fsp3) is 0.192. The summed E-state index contributed by atoms with van der Waals surface area (Å²) in [5, 5.41) is 1.14. The molecule has 0 aliphatic carbocycles. The quantitative estimate of drug-likeness (QED) is 0.358. The molecule has 0 bridgehead atoms. The molecule has 0 saturated heterocycles. The molecule has 0 unspecified atom stereocenters. The highest BCUT2D eigenvalue weighted by atomic mass is 35.5. The van der Waals surface area contributed by atoms with Gasteiger partial charge in [-0.05, 0) is 46.4 Å².